The lowest BCUT2D eigenvalue weighted by atomic mass is 10.0. The third kappa shape index (κ3) is 4.00. The van der Waals surface area contributed by atoms with Crippen LogP contribution in [0.3, 0.4) is 0 Å². The number of hydrogen-bond donors (Lipinski definition) is 2. The second-order valence-corrected chi connectivity index (χ2v) is 8.20. The normalized spacial score (nSPS) is 14.1. The number of fused-ring (bicyclic) bond motifs is 1. The van der Waals surface area contributed by atoms with E-state index in [2.05, 4.69) is 14.7 Å². The van der Waals surface area contributed by atoms with Crippen molar-refractivity contribution in [3.8, 4) is 11.1 Å². The number of nitrogens with zero attached hydrogens (tertiary/aromatic N) is 3. The predicted molar refractivity (Wildman–Crippen MR) is 99.0 cm³/mol. The van der Waals surface area contributed by atoms with Gasteiger partial charge in [0.15, 0.2) is 0 Å². The minimum absolute atomic E-state index is 0.0330. The first-order chi connectivity index (χ1) is 12.4. The first-order valence-electron chi connectivity index (χ1n) is 8.37. The Bertz CT molecular complexity index is 930. The Morgan fingerprint density at radius 2 is 2.04 bits per heavy atom. The first kappa shape index (κ1) is 18.3. The lowest BCUT2D eigenvalue weighted by molar-refractivity contribution is 0.253. The van der Waals surface area contributed by atoms with Gasteiger partial charge in [-0.25, -0.2) is 22.9 Å². The summed E-state index contributed by atoms with van der Waals surface area (Å²) in [6.45, 7) is 2.35. The molecule has 0 spiro atoms. The Balaban J connectivity index is 1.86. The standard InChI is InChI=1S/C17H21N5O3S/c1-2-26(24,25)21-9-12-6-14(10-19-8-12)15-7-13-4-3-5-22(17(18)23)16(13)20-11-15/h6-8,10-11,21H,2-5,9H2,1H3,(H2,18,23). The van der Waals surface area contributed by atoms with E-state index >= 15 is 0 Å². The van der Waals surface area contributed by atoms with Gasteiger partial charge in [0, 0.05) is 42.8 Å². The third-order valence-electron chi connectivity index (χ3n) is 4.30. The summed E-state index contributed by atoms with van der Waals surface area (Å²) in [6, 6.07) is 3.36. The maximum atomic E-state index is 11.6. The molecule has 0 aromatic carbocycles. The number of nitrogens with one attached hydrogen (secondary N) is 1. The van der Waals surface area contributed by atoms with Crippen molar-refractivity contribution in [3.63, 3.8) is 0 Å². The number of hydrogen-bond acceptors (Lipinski definition) is 5. The van der Waals surface area contributed by atoms with Gasteiger partial charge in [-0.3, -0.25) is 9.88 Å². The Kier molecular flexibility index (Phi) is 5.19. The van der Waals surface area contributed by atoms with Gasteiger partial charge in [-0.05, 0) is 43.0 Å². The van der Waals surface area contributed by atoms with Crippen LogP contribution < -0.4 is 15.4 Å². The number of rotatable bonds is 5. The van der Waals surface area contributed by atoms with Crippen molar-refractivity contribution < 1.29 is 13.2 Å². The molecule has 26 heavy (non-hydrogen) atoms. The van der Waals surface area contributed by atoms with Crippen LogP contribution in [0.15, 0.2) is 30.7 Å². The predicted octanol–water partition coefficient (Wildman–Crippen LogP) is 1.41. The topological polar surface area (TPSA) is 118 Å². The van der Waals surface area contributed by atoms with E-state index in [0.717, 1.165) is 35.1 Å². The molecule has 8 nitrogen and oxygen atoms in total. The zero-order chi connectivity index (χ0) is 18.7. The number of primary amides is 1. The van der Waals surface area contributed by atoms with Crippen molar-refractivity contribution in [1.82, 2.24) is 14.7 Å². The smallest absolute Gasteiger partial charge is 0.320 e. The Hall–Kier alpha value is -2.52. The van der Waals surface area contributed by atoms with Crippen molar-refractivity contribution in [2.45, 2.75) is 26.3 Å². The fraction of sp³-hybridized carbons (Fsp3) is 0.353. The summed E-state index contributed by atoms with van der Waals surface area (Å²) in [6.07, 6.45) is 6.66. The summed E-state index contributed by atoms with van der Waals surface area (Å²) in [5, 5.41) is 0. The largest absolute Gasteiger partial charge is 0.351 e. The molecular weight excluding hydrogens is 354 g/mol. The highest BCUT2D eigenvalue weighted by Gasteiger charge is 2.22. The SMILES string of the molecule is CCS(=O)(=O)NCc1cncc(-c2cnc3c(c2)CCCN3C(N)=O)c1. The van der Waals surface area contributed by atoms with Crippen molar-refractivity contribution >= 4 is 21.9 Å². The van der Waals surface area contributed by atoms with E-state index in [1.54, 1.807) is 25.5 Å². The number of aromatic nitrogens is 2. The van der Waals surface area contributed by atoms with E-state index in [0.29, 0.717) is 12.4 Å². The zero-order valence-electron chi connectivity index (χ0n) is 14.5. The summed E-state index contributed by atoms with van der Waals surface area (Å²) < 4.78 is 25.7. The van der Waals surface area contributed by atoms with Crippen molar-refractivity contribution in [2.75, 3.05) is 17.2 Å². The van der Waals surface area contributed by atoms with Crippen LogP contribution in [0.2, 0.25) is 0 Å². The van der Waals surface area contributed by atoms with Crippen LogP contribution in [0.4, 0.5) is 10.6 Å². The number of urea groups is 1. The highest BCUT2D eigenvalue weighted by atomic mass is 32.2. The highest BCUT2D eigenvalue weighted by molar-refractivity contribution is 7.89. The Morgan fingerprint density at radius 1 is 1.27 bits per heavy atom. The van der Waals surface area contributed by atoms with Crippen LogP contribution in [0.25, 0.3) is 11.1 Å². The van der Waals surface area contributed by atoms with Crippen molar-refractivity contribution in [1.29, 1.82) is 0 Å². The Labute approximate surface area is 152 Å². The van der Waals surface area contributed by atoms with Crippen LogP contribution in [-0.4, -0.2) is 36.7 Å². The van der Waals surface area contributed by atoms with Crippen LogP contribution in [0.5, 0.6) is 0 Å². The molecule has 3 rings (SSSR count). The molecule has 9 heteroatoms. The van der Waals surface area contributed by atoms with Gasteiger partial charge in [-0.15, -0.1) is 0 Å². The second kappa shape index (κ2) is 7.38. The number of sulfonamides is 1. The minimum atomic E-state index is -3.26. The van der Waals surface area contributed by atoms with Gasteiger partial charge in [0.25, 0.3) is 0 Å². The molecule has 138 valence electrons. The van der Waals surface area contributed by atoms with Crippen LogP contribution in [-0.2, 0) is 23.0 Å². The fourth-order valence-corrected chi connectivity index (χ4v) is 3.46. The summed E-state index contributed by atoms with van der Waals surface area (Å²) >= 11 is 0. The van der Waals surface area contributed by atoms with E-state index in [4.69, 9.17) is 5.73 Å². The highest BCUT2D eigenvalue weighted by Crippen LogP contribution is 2.29. The van der Waals surface area contributed by atoms with Crippen molar-refractivity contribution in [3.05, 3.63) is 41.9 Å². The Morgan fingerprint density at radius 3 is 2.77 bits per heavy atom. The molecular formula is C17H21N5O3S. The molecule has 3 heterocycles. The van der Waals surface area contributed by atoms with Crippen LogP contribution in [0.1, 0.15) is 24.5 Å². The molecule has 0 bridgehead atoms. The summed E-state index contributed by atoms with van der Waals surface area (Å²) in [7, 11) is -3.26. The summed E-state index contributed by atoms with van der Waals surface area (Å²) in [5.74, 6) is 0.637. The number of aryl methyl sites for hydroxylation is 1. The molecule has 2 aromatic heterocycles. The quantitative estimate of drug-likeness (QED) is 0.819. The minimum Gasteiger partial charge on any atom is -0.351 e. The van der Waals surface area contributed by atoms with E-state index in [1.165, 1.54) is 4.90 Å². The lowest BCUT2D eigenvalue weighted by Gasteiger charge is -2.26. The van der Waals surface area contributed by atoms with Gasteiger partial charge in [0.1, 0.15) is 5.82 Å². The molecule has 0 unspecified atom stereocenters. The number of carbonyl (C=O) groups is 1. The lowest BCUT2D eigenvalue weighted by Crippen LogP contribution is -2.40. The van der Waals surface area contributed by atoms with Gasteiger partial charge in [-0.2, -0.15) is 0 Å². The van der Waals surface area contributed by atoms with Crippen molar-refractivity contribution in [2.24, 2.45) is 5.73 Å². The van der Waals surface area contributed by atoms with Gasteiger partial charge in [-0.1, -0.05) is 0 Å². The number of carbonyl (C=O) groups excluding carboxylic acids is 1. The first-order valence-corrected chi connectivity index (χ1v) is 10.0. The van der Waals surface area contributed by atoms with E-state index in [-0.39, 0.29) is 12.3 Å². The van der Waals surface area contributed by atoms with Crippen LogP contribution >= 0.6 is 0 Å². The molecule has 0 fully saturated rings. The van der Waals surface area contributed by atoms with Gasteiger partial charge >= 0.3 is 6.03 Å². The molecule has 0 aliphatic carbocycles. The number of amides is 2. The molecule has 3 N–H and O–H groups in total. The molecule has 2 aromatic rings. The maximum absolute atomic E-state index is 11.6. The van der Waals surface area contributed by atoms with Gasteiger partial charge in [0.05, 0.1) is 5.75 Å². The molecule has 2 amide bonds. The number of nitrogens with two attached hydrogens (primary N) is 1. The summed E-state index contributed by atoms with van der Waals surface area (Å²) in [5.41, 5.74) is 8.84. The molecule has 0 radical (unpaired) electrons. The maximum Gasteiger partial charge on any atom is 0.320 e. The monoisotopic (exact) mass is 375 g/mol. The fourth-order valence-electron chi connectivity index (χ4n) is 2.87. The summed E-state index contributed by atoms with van der Waals surface area (Å²) in [4.78, 5) is 21.6. The third-order valence-corrected chi connectivity index (χ3v) is 5.64. The average Bonchev–Trinajstić information content (AvgIpc) is 2.65. The van der Waals surface area contributed by atoms with E-state index < -0.39 is 16.1 Å². The van der Waals surface area contributed by atoms with Crippen LogP contribution in [0, 0.1) is 0 Å². The van der Waals surface area contributed by atoms with E-state index in [9.17, 15) is 13.2 Å². The average molecular weight is 375 g/mol. The second-order valence-electron chi connectivity index (χ2n) is 6.11. The number of pyridine rings is 2. The molecule has 1 aliphatic rings. The van der Waals surface area contributed by atoms with Gasteiger partial charge < -0.3 is 5.73 Å². The van der Waals surface area contributed by atoms with E-state index in [1.807, 2.05) is 12.1 Å². The molecule has 0 saturated carbocycles. The molecule has 1 aliphatic heterocycles. The zero-order valence-corrected chi connectivity index (χ0v) is 15.3. The number of anilines is 1. The molecule has 0 atom stereocenters. The van der Waals surface area contributed by atoms with Gasteiger partial charge in [0.2, 0.25) is 10.0 Å². The molecule has 0 saturated heterocycles.